The first kappa shape index (κ1) is 12.7. The van der Waals surface area contributed by atoms with Gasteiger partial charge in [0.15, 0.2) is 0 Å². The minimum absolute atomic E-state index is 0.355. The molecule has 0 aliphatic heterocycles. The summed E-state index contributed by atoms with van der Waals surface area (Å²) in [6.45, 7) is 4.22. The van der Waals surface area contributed by atoms with Crippen LogP contribution in [0.15, 0.2) is 23.1 Å². The highest BCUT2D eigenvalue weighted by atomic mass is 32.2. The third-order valence-electron chi connectivity index (χ3n) is 3.51. The molecule has 1 aliphatic carbocycles. The molecule has 1 nitrogen and oxygen atoms in total. The Kier molecular flexibility index (Phi) is 4.27. The van der Waals surface area contributed by atoms with Crippen molar-refractivity contribution in [2.24, 2.45) is 5.92 Å². The summed E-state index contributed by atoms with van der Waals surface area (Å²) in [5.74, 6) is 1.45. The Balaban J connectivity index is 1.90. The summed E-state index contributed by atoms with van der Waals surface area (Å²) in [6, 6.07) is 6.44. The molecule has 0 spiro atoms. The smallest absolute Gasteiger partial charge is 0.146 e. The van der Waals surface area contributed by atoms with E-state index in [9.17, 15) is 4.79 Å². The molecule has 0 unspecified atom stereocenters. The van der Waals surface area contributed by atoms with Crippen molar-refractivity contribution in [1.82, 2.24) is 0 Å². The van der Waals surface area contributed by atoms with Crippen molar-refractivity contribution in [2.45, 2.75) is 44.4 Å². The molecule has 1 aromatic carbocycles. The molecule has 1 aromatic rings. The first-order valence-corrected chi connectivity index (χ1v) is 7.38. The zero-order valence-electron chi connectivity index (χ0n) is 10.7. The van der Waals surface area contributed by atoms with Crippen LogP contribution in [-0.2, 0) is 4.79 Å². The molecule has 17 heavy (non-hydrogen) atoms. The van der Waals surface area contributed by atoms with Gasteiger partial charge in [-0.25, -0.2) is 0 Å². The molecule has 0 radical (unpaired) electrons. The summed E-state index contributed by atoms with van der Waals surface area (Å²) in [4.78, 5) is 13.2. The zero-order chi connectivity index (χ0) is 12.3. The van der Waals surface area contributed by atoms with E-state index in [1.165, 1.54) is 28.9 Å². The van der Waals surface area contributed by atoms with Crippen LogP contribution in [0, 0.1) is 19.8 Å². The SMILES string of the molecule is Cc1ccc(SCC(=O)C2CCCC2)c(C)c1. The van der Waals surface area contributed by atoms with Crippen molar-refractivity contribution in [3.05, 3.63) is 29.3 Å². The van der Waals surface area contributed by atoms with Crippen LogP contribution in [0.4, 0.5) is 0 Å². The molecule has 0 bridgehead atoms. The number of thioether (sulfide) groups is 1. The summed E-state index contributed by atoms with van der Waals surface area (Å²) < 4.78 is 0. The lowest BCUT2D eigenvalue weighted by Crippen LogP contribution is -2.12. The zero-order valence-corrected chi connectivity index (χ0v) is 11.5. The Morgan fingerprint density at radius 2 is 2.00 bits per heavy atom. The van der Waals surface area contributed by atoms with E-state index >= 15 is 0 Å². The van der Waals surface area contributed by atoms with Gasteiger partial charge >= 0.3 is 0 Å². The van der Waals surface area contributed by atoms with Crippen molar-refractivity contribution in [3.8, 4) is 0 Å². The third-order valence-corrected chi connectivity index (χ3v) is 4.71. The molecule has 2 heteroatoms. The first-order chi connectivity index (χ1) is 8.16. The predicted octanol–water partition coefficient (Wildman–Crippen LogP) is 4.15. The van der Waals surface area contributed by atoms with Crippen LogP contribution < -0.4 is 0 Å². The second-order valence-corrected chi connectivity index (χ2v) is 6.02. The summed E-state index contributed by atoms with van der Waals surface area (Å²) in [7, 11) is 0. The highest BCUT2D eigenvalue weighted by Gasteiger charge is 2.22. The van der Waals surface area contributed by atoms with Crippen LogP contribution in [-0.4, -0.2) is 11.5 Å². The van der Waals surface area contributed by atoms with E-state index < -0.39 is 0 Å². The maximum absolute atomic E-state index is 12.0. The molecule has 0 amide bonds. The van der Waals surface area contributed by atoms with Crippen LogP contribution in [0.3, 0.4) is 0 Å². The molecular formula is C15H20OS. The van der Waals surface area contributed by atoms with Gasteiger partial charge in [0.1, 0.15) is 5.78 Å². The first-order valence-electron chi connectivity index (χ1n) is 6.39. The second-order valence-electron chi connectivity index (χ2n) is 5.01. The quantitative estimate of drug-likeness (QED) is 0.744. The van der Waals surface area contributed by atoms with E-state index in [0.717, 1.165) is 12.8 Å². The monoisotopic (exact) mass is 248 g/mol. The minimum atomic E-state index is 0.355. The molecule has 2 rings (SSSR count). The lowest BCUT2D eigenvalue weighted by atomic mass is 10.0. The number of carbonyl (C=O) groups excluding carboxylic acids is 1. The van der Waals surface area contributed by atoms with Crippen LogP contribution in [0.2, 0.25) is 0 Å². The van der Waals surface area contributed by atoms with Gasteiger partial charge in [-0.15, -0.1) is 11.8 Å². The van der Waals surface area contributed by atoms with Crippen molar-refractivity contribution < 1.29 is 4.79 Å². The number of hydrogen-bond acceptors (Lipinski definition) is 2. The number of carbonyl (C=O) groups is 1. The third kappa shape index (κ3) is 3.35. The largest absolute Gasteiger partial charge is 0.298 e. The Bertz CT molecular complexity index is 405. The molecule has 0 N–H and O–H groups in total. The number of rotatable bonds is 4. The standard InChI is InChI=1S/C15H20OS/c1-11-7-8-15(12(2)9-11)17-10-14(16)13-5-3-4-6-13/h7-9,13H,3-6,10H2,1-2H3. The van der Waals surface area contributed by atoms with Gasteiger partial charge in [0.05, 0.1) is 5.75 Å². The van der Waals surface area contributed by atoms with E-state index in [1.54, 1.807) is 11.8 Å². The predicted molar refractivity (Wildman–Crippen MR) is 73.6 cm³/mol. The highest BCUT2D eigenvalue weighted by molar-refractivity contribution is 8.00. The number of benzene rings is 1. The molecule has 1 saturated carbocycles. The van der Waals surface area contributed by atoms with E-state index in [1.807, 2.05) is 0 Å². The van der Waals surface area contributed by atoms with E-state index in [0.29, 0.717) is 17.5 Å². The second kappa shape index (κ2) is 5.72. The Hall–Kier alpha value is -0.760. The number of ketones is 1. The van der Waals surface area contributed by atoms with Crippen molar-refractivity contribution in [1.29, 1.82) is 0 Å². The van der Waals surface area contributed by atoms with Gasteiger partial charge in [0.2, 0.25) is 0 Å². The molecular weight excluding hydrogens is 228 g/mol. The number of aryl methyl sites for hydroxylation is 2. The number of Topliss-reactive ketones (excluding diaryl/α,β-unsaturated/α-hetero) is 1. The van der Waals surface area contributed by atoms with Gasteiger partial charge in [-0.05, 0) is 38.3 Å². The van der Waals surface area contributed by atoms with Gasteiger partial charge in [0.25, 0.3) is 0 Å². The molecule has 0 heterocycles. The van der Waals surface area contributed by atoms with Gasteiger partial charge in [-0.1, -0.05) is 30.5 Å². The number of hydrogen-bond donors (Lipinski definition) is 0. The van der Waals surface area contributed by atoms with Crippen LogP contribution >= 0.6 is 11.8 Å². The molecule has 1 fully saturated rings. The highest BCUT2D eigenvalue weighted by Crippen LogP contribution is 2.29. The average molecular weight is 248 g/mol. The summed E-state index contributed by atoms with van der Waals surface area (Å²) in [5.41, 5.74) is 2.57. The summed E-state index contributed by atoms with van der Waals surface area (Å²) in [6.07, 6.45) is 4.72. The lowest BCUT2D eigenvalue weighted by Gasteiger charge is -2.09. The fourth-order valence-electron chi connectivity index (χ4n) is 2.48. The van der Waals surface area contributed by atoms with Gasteiger partial charge in [0, 0.05) is 10.8 Å². The van der Waals surface area contributed by atoms with E-state index in [4.69, 9.17) is 0 Å². The minimum Gasteiger partial charge on any atom is -0.298 e. The van der Waals surface area contributed by atoms with E-state index in [-0.39, 0.29) is 0 Å². The molecule has 0 aromatic heterocycles. The van der Waals surface area contributed by atoms with Gasteiger partial charge < -0.3 is 0 Å². The van der Waals surface area contributed by atoms with E-state index in [2.05, 4.69) is 32.0 Å². The molecule has 1 aliphatic rings. The normalized spacial score (nSPS) is 16.4. The van der Waals surface area contributed by atoms with Crippen molar-refractivity contribution in [3.63, 3.8) is 0 Å². The fourth-order valence-corrected chi connectivity index (χ4v) is 3.46. The summed E-state index contributed by atoms with van der Waals surface area (Å²) >= 11 is 1.70. The van der Waals surface area contributed by atoms with Gasteiger partial charge in [-0.3, -0.25) is 4.79 Å². The topological polar surface area (TPSA) is 17.1 Å². The maximum atomic E-state index is 12.0. The van der Waals surface area contributed by atoms with Crippen LogP contribution in [0.1, 0.15) is 36.8 Å². The molecule has 92 valence electrons. The Labute approximate surface area is 108 Å². The Morgan fingerprint density at radius 1 is 1.29 bits per heavy atom. The van der Waals surface area contributed by atoms with Gasteiger partial charge in [-0.2, -0.15) is 0 Å². The van der Waals surface area contributed by atoms with Crippen LogP contribution in [0.5, 0.6) is 0 Å². The Morgan fingerprint density at radius 3 is 2.65 bits per heavy atom. The molecule has 0 atom stereocenters. The lowest BCUT2D eigenvalue weighted by molar-refractivity contribution is -0.120. The summed E-state index contributed by atoms with van der Waals surface area (Å²) in [5, 5.41) is 0. The van der Waals surface area contributed by atoms with Crippen LogP contribution in [0.25, 0.3) is 0 Å². The maximum Gasteiger partial charge on any atom is 0.146 e. The fraction of sp³-hybridized carbons (Fsp3) is 0.533. The van der Waals surface area contributed by atoms with Crippen molar-refractivity contribution >= 4 is 17.5 Å². The van der Waals surface area contributed by atoms with Crippen molar-refractivity contribution in [2.75, 3.05) is 5.75 Å². The average Bonchev–Trinajstić information content (AvgIpc) is 2.81. The molecule has 0 saturated heterocycles.